The Balaban J connectivity index is 2.31. The Morgan fingerprint density at radius 3 is 2.67 bits per heavy atom. The lowest BCUT2D eigenvalue weighted by atomic mass is 10.2. The van der Waals surface area contributed by atoms with E-state index in [0.29, 0.717) is 17.7 Å². The summed E-state index contributed by atoms with van der Waals surface area (Å²) >= 11 is 1.79. The molecular formula is C10H19N3OS. The average molecular weight is 229 g/mol. The van der Waals surface area contributed by atoms with Gasteiger partial charge >= 0.3 is 0 Å². The summed E-state index contributed by atoms with van der Waals surface area (Å²) in [5.41, 5.74) is 5.53. The van der Waals surface area contributed by atoms with E-state index in [-0.39, 0.29) is 0 Å². The van der Waals surface area contributed by atoms with Crippen molar-refractivity contribution in [2.24, 2.45) is 11.7 Å². The van der Waals surface area contributed by atoms with Gasteiger partial charge in [-0.15, -0.1) is 0 Å². The van der Waals surface area contributed by atoms with Crippen molar-refractivity contribution in [3.05, 3.63) is 11.7 Å². The van der Waals surface area contributed by atoms with E-state index in [1.165, 1.54) is 0 Å². The Kier molecular flexibility index (Phi) is 5.11. The molecule has 1 aromatic heterocycles. The number of hydrogen-bond donors (Lipinski definition) is 1. The van der Waals surface area contributed by atoms with Crippen LogP contribution in [0.3, 0.4) is 0 Å². The molecule has 1 heterocycles. The van der Waals surface area contributed by atoms with E-state index in [1.807, 2.05) is 0 Å². The molecule has 86 valence electrons. The monoisotopic (exact) mass is 229 g/mol. The van der Waals surface area contributed by atoms with Gasteiger partial charge in [0.2, 0.25) is 5.89 Å². The zero-order valence-corrected chi connectivity index (χ0v) is 10.4. The number of nitrogens with zero attached hydrogens (tertiary/aromatic N) is 2. The lowest BCUT2D eigenvalue weighted by Crippen LogP contribution is -2.12. The number of nitrogens with two attached hydrogens (primary N) is 1. The van der Waals surface area contributed by atoms with Crippen LogP contribution in [-0.4, -0.2) is 22.4 Å². The molecule has 1 aromatic rings. The van der Waals surface area contributed by atoms with Crippen LogP contribution >= 0.6 is 11.8 Å². The van der Waals surface area contributed by atoms with E-state index in [0.717, 1.165) is 23.9 Å². The Hall–Kier alpha value is -0.550. The first-order chi connectivity index (χ1) is 7.13. The van der Waals surface area contributed by atoms with Crippen LogP contribution in [-0.2, 0) is 5.75 Å². The predicted octanol–water partition coefficient (Wildman–Crippen LogP) is 2.02. The van der Waals surface area contributed by atoms with Gasteiger partial charge in [0.15, 0.2) is 5.82 Å². The largest absolute Gasteiger partial charge is 0.338 e. The highest BCUT2D eigenvalue weighted by Crippen LogP contribution is 2.16. The van der Waals surface area contributed by atoms with E-state index >= 15 is 0 Å². The molecule has 0 aliphatic rings. The van der Waals surface area contributed by atoms with Crippen molar-refractivity contribution >= 4 is 11.8 Å². The van der Waals surface area contributed by atoms with Crippen LogP contribution in [0.25, 0.3) is 0 Å². The van der Waals surface area contributed by atoms with Gasteiger partial charge in [-0.2, -0.15) is 16.7 Å². The minimum atomic E-state index is 0.329. The average Bonchev–Trinajstić information content (AvgIpc) is 2.66. The molecule has 1 atom stereocenters. The third-order valence-corrected chi connectivity index (χ3v) is 3.29. The number of thioether (sulfide) groups is 1. The quantitative estimate of drug-likeness (QED) is 0.808. The molecule has 4 nitrogen and oxygen atoms in total. The van der Waals surface area contributed by atoms with Crippen molar-refractivity contribution in [1.82, 2.24) is 10.1 Å². The highest BCUT2D eigenvalue weighted by molar-refractivity contribution is 7.98. The van der Waals surface area contributed by atoms with Crippen LogP contribution in [0.1, 0.15) is 38.4 Å². The fraction of sp³-hybridized carbons (Fsp3) is 0.800. The molecule has 0 saturated carbocycles. The Labute approximate surface area is 95.0 Å². The first-order valence-electron chi connectivity index (χ1n) is 5.23. The van der Waals surface area contributed by atoms with Gasteiger partial charge in [-0.25, -0.2) is 0 Å². The van der Waals surface area contributed by atoms with Crippen molar-refractivity contribution in [1.29, 1.82) is 0 Å². The maximum atomic E-state index is 5.53. The highest BCUT2D eigenvalue weighted by Gasteiger charge is 2.09. The van der Waals surface area contributed by atoms with E-state index in [1.54, 1.807) is 11.8 Å². The van der Waals surface area contributed by atoms with Gasteiger partial charge in [0.1, 0.15) is 0 Å². The summed E-state index contributed by atoms with van der Waals surface area (Å²) in [6, 6.07) is 0. The van der Waals surface area contributed by atoms with Crippen molar-refractivity contribution in [3.63, 3.8) is 0 Å². The summed E-state index contributed by atoms with van der Waals surface area (Å²) in [4.78, 5) is 4.30. The second-order valence-electron chi connectivity index (χ2n) is 4.06. The minimum absolute atomic E-state index is 0.329. The predicted molar refractivity (Wildman–Crippen MR) is 62.8 cm³/mol. The molecule has 0 fully saturated rings. The van der Waals surface area contributed by atoms with Gasteiger partial charge in [0.25, 0.3) is 0 Å². The van der Waals surface area contributed by atoms with E-state index in [4.69, 9.17) is 10.3 Å². The number of aromatic nitrogens is 2. The lowest BCUT2D eigenvalue weighted by Gasteiger charge is -2.05. The van der Waals surface area contributed by atoms with Crippen molar-refractivity contribution in [3.8, 4) is 0 Å². The highest BCUT2D eigenvalue weighted by atomic mass is 32.2. The first kappa shape index (κ1) is 12.5. The van der Waals surface area contributed by atoms with Gasteiger partial charge in [-0.1, -0.05) is 25.9 Å². The summed E-state index contributed by atoms with van der Waals surface area (Å²) in [7, 11) is 0. The fourth-order valence-electron chi connectivity index (χ4n) is 0.977. The van der Waals surface area contributed by atoms with Crippen LogP contribution < -0.4 is 5.73 Å². The smallest absolute Gasteiger partial charge is 0.236 e. The zero-order valence-electron chi connectivity index (χ0n) is 9.56. The maximum Gasteiger partial charge on any atom is 0.236 e. The molecule has 0 bridgehead atoms. The summed E-state index contributed by atoms with van der Waals surface area (Å²) in [5, 5.41) is 3.91. The second kappa shape index (κ2) is 6.12. The van der Waals surface area contributed by atoms with Gasteiger partial charge in [0, 0.05) is 5.92 Å². The molecule has 0 aliphatic heterocycles. The minimum Gasteiger partial charge on any atom is -0.338 e. The maximum absolute atomic E-state index is 5.53. The van der Waals surface area contributed by atoms with Crippen molar-refractivity contribution in [2.75, 3.05) is 12.3 Å². The number of rotatable bonds is 6. The first-order valence-corrected chi connectivity index (χ1v) is 6.39. The van der Waals surface area contributed by atoms with E-state index in [9.17, 15) is 0 Å². The topological polar surface area (TPSA) is 64.9 Å². The Morgan fingerprint density at radius 1 is 1.40 bits per heavy atom. The standard InChI is InChI=1S/C10H19N3OS/c1-7(2)10-12-9(14-13-10)6-15-5-8(3)4-11/h7-8H,4-6,11H2,1-3H3. The summed E-state index contributed by atoms with van der Waals surface area (Å²) in [6.45, 7) is 6.98. The van der Waals surface area contributed by atoms with Gasteiger partial charge in [-0.3, -0.25) is 0 Å². The lowest BCUT2D eigenvalue weighted by molar-refractivity contribution is 0.383. The van der Waals surface area contributed by atoms with Crippen molar-refractivity contribution < 1.29 is 4.52 Å². The molecule has 2 N–H and O–H groups in total. The molecule has 5 heteroatoms. The summed E-state index contributed by atoms with van der Waals surface area (Å²) in [5.74, 6) is 4.20. The molecule has 1 unspecified atom stereocenters. The van der Waals surface area contributed by atoms with Crippen molar-refractivity contribution in [2.45, 2.75) is 32.4 Å². The molecule has 0 spiro atoms. The SMILES string of the molecule is CC(CN)CSCc1nc(C(C)C)no1. The zero-order chi connectivity index (χ0) is 11.3. The summed E-state index contributed by atoms with van der Waals surface area (Å²) in [6.07, 6.45) is 0. The third kappa shape index (κ3) is 4.22. The van der Waals surface area contributed by atoms with Crippen LogP contribution in [0.15, 0.2) is 4.52 Å². The van der Waals surface area contributed by atoms with Crippen LogP contribution in [0.2, 0.25) is 0 Å². The van der Waals surface area contributed by atoms with Gasteiger partial charge < -0.3 is 10.3 Å². The molecule has 0 aliphatic carbocycles. The van der Waals surface area contributed by atoms with E-state index < -0.39 is 0 Å². The molecule has 0 saturated heterocycles. The molecule has 15 heavy (non-hydrogen) atoms. The molecule has 1 rings (SSSR count). The van der Waals surface area contributed by atoms with Crippen LogP contribution in [0, 0.1) is 5.92 Å². The van der Waals surface area contributed by atoms with Gasteiger partial charge in [-0.05, 0) is 18.2 Å². The Bertz CT molecular complexity index is 288. The summed E-state index contributed by atoms with van der Waals surface area (Å²) < 4.78 is 5.13. The molecule has 0 amide bonds. The molecule has 0 aromatic carbocycles. The second-order valence-corrected chi connectivity index (χ2v) is 5.09. The number of hydrogen-bond acceptors (Lipinski definition) is 5. The van der Waals surface area contributed by atoms with Crippen LogP contribution in [0.5, 0.6) is 0 Å². The normalized spacial score (nSPS) is 13.4. The van der Waals surface area contributed by atoms with E-state index in [2.05, 4.69) is 30.9 Å². The molecule has 0 radical (unpaired) electrons. The fourth-order valence-corrected chi connectivity index (χ4v) is 1.92. The Morgan fingerprint density at radius 2 is 2.13 bits per heavy atom. The third-order valence-electron chi connectivity index (χ3n) is 2.03. The van der Waals surface area contributed by atoms with Crippen LogP contribution in [0.4, 0.5) is 0 Å². The van der Waals surface area contributed by atoms with Gasteiger partial charge in [0.05, 0.1) is 5.75 Å². The molecular weight excluding hydrogens is 210 g/mol.